The van der Waals surface area contributed by atoms with E-state index >= 15 is 0 Å². The van der Waals surface area contributed by atoms with Crippen molar-refractivity contribution in [3.05, 3.63) is 30.0 Å². The largest absolute Gasteiger partial charge is 0.386 e. The lowest BCUT2D eigenvalue weighted by Gasteiger charge is -1.99. The van der Waals surface area contributed by atoms with E-state index in [0.29, 0.717) is 5.69 Å². The van der Waals surface area contributed by atoms with Crippen LogP contribution >= 0.6 is 0 Å². The number of H-pyrrole nitrogens is 1. The van der Waals surface area contributed by atoms with E-state index in [1.54, 1.807) is 6.92 Å². The van der Waals surface area contributed by atoms with Gasteiger partial charge in [0.05, 0.1) is 5.69 Å². The topological polar surface area (TPSA) is 44.9 Å². The second-order valence-corrected chi connectivity index (χ2v) is 3.23. The highest BCUT2D eigenvalue weighted by molar-refractivity contribution is 6.08. The molecule has 2 aromatic rings. The van der Waals surface area contributed by atoms with E-state index in [-0.39, 0.29) is 5.78 Å². The Bertz CT molecular complexity index is 485. The molecule has 1 aromatic carbocycles. The van der Waals surface area contributed by atoms with Crippen LogP contribution in [0.5, 0.6) is 0 Å². The van der Waals surface area contributed by atoms with Crippen molar-refractivity contribution >= 4 is 22.4 Å². The standard InChI is InChI=1S/C11H12N2O/c1-7(14)10-11(12-2)8-5-3-4-6-9(8)13-10/h3-6,12-13H,1-2H3. The molecule has 2 rings (SSSR count). The summed E-state index contributed by atoms with van der Waals surface area (Å²) in [5, 5.41) is 4.10. The van der Waals surface area contributed by atoms with Crippen LogP contribution in [0.3, 0.4) is 0 Å². The van der Waals surface area contributed by atoms with Gasteiger partial charge in [-0.25, -0.2) is 0 Å². The summed E-state index contributed by atoms with van der Waals surface area (Å²) in [6, 6.07) is 7.86. The van der Waals surface area contributed by atoms with Crippen molar-refractivity contribution in [2.75, 3.05) is 12.4 Å². The summed E-state index contributed by atoms with van der Waals surface area (Å²) < 4.78 is 0. The first-order valence-electron chi connectivity index (χ1n) is 4.53. The SMILES string of the molecule is CNc1c(C(C)=O)[nH]c2ccccc12. The van der Waals surface area contributed by atoms with Crippen LogP contribution in [-0.2, 0) is 0 Å². The molecule has 0 fully saturated rings. The molecule has 0 saturated heterocycles. The Morgan fingerprint density at radius 3 is 2.71 bits per heavy atom. The minimum absolute atomic E-state index is 0.0468. The van der Waals surface area contributed by atoms with Gasteiger partial charge in [0.2, 0.25) is 0 Å². The summed E-state index contributed by atoms with van der Waals surface area (Å²) in [6.45, 7) is 1.56. The summed E-state index contributed by atoms with van der Waals surface area (Å²) in [5.41, 5.74) is 2.52. The fourth-order valence-corrected chi connectivity index (χ4v) is 1.67. The van der Waals surface area contributed by atoms with Crippen LogP contribution in [0, 0.1) is 0 Å². The van der Waals surface area contributed by atoms with E-state index in [2.05, 4.69) is 10.3 Å². The van der Waals surface area contributed by atoms with Gasteiger partial charge in [-0.15, -0.1) is 0 Å². The number of hydrogen-bond acceptors (Lipinski definition) is 2. The number of aromatic nitrogens is 1. The molecular formula is C11H12N2O. The zero-order valence-electron chi connectivity index (χ0n) is 8.22. The smallest absolute Gasteiger partial charge is 0.178 e. The Hall–Kier alpha value is -1.77. The number of benzene rings is 1. The Balaban J connectivity index is 2.78. The maximum Gasteiger partial charge on any atom is 0.178 e. The van der Waals surface area contributed by atoms with Crippen LogP contribution < -0.4 is 5.32 Å². The Morgan fingerprint density at radius 2 is 2.07 bits per heavy atom. The van der Waals surface area contributed by atoms with Crippen molar-refractivity contribution in [1.29, 1.82) is 0 Å². The van der Waals surface area contributed by atoms with Crippen molar-refractivity contribution in [3.63, 3.8) is 0 Å². The fraction of sp³-hybridized carbons (Fsp3) is 0.182. The van der Waals surface area contributed by atoms with Crippen molar-refractivity contribution in [2.45, 2.75) is 6.92 Å². The van der Waals surface area contributed by atoms with Crippen LogP contribution in [0.15, 0.2) is 24.3 Å². The van der Waals surface area contributed by atoms with E-state index < -0.39 is 0 Å². The van der Waals surface area contributed by atoms with Crippen LogP contribution in [0.4, 0.5) is 5.69 Å². The van der Waals surface area contributed by atoms with Gasteiger partial charge in [-0.2, -0.15) is 0 Å². The lowest BCUT2D eigenvalue weighted by molar-refractivity contribution is 0.101. The Kier molecular flexibility index (Phi) is 2.00. The average Bonchev–Trinajstić information content (AvgIpc) is 2.56. The number of nitrogens with one attached hydrogen (secondary N) is 2. The molecule has 3 nitrogen and oxygen atoms in total. The van der Waals surface area contributed by atoms with Crippen molar-refractivity contribution in [3.8, 4) is 0 Å². The molecule has 0 aliphatic heterocycles. The van der Waals surface area contributed by atoms with Crippen molar-refractivity contribution < 1.29 is 4.79 Å². The molecule has 0 saturated carbocycles. The predicted molar refractivity (Wildman–Crippen MR) is 57.8 cm³/mol. The Labute approximate surface area is 82.1 Å². The molecule has 2 N–H and O–H groups in total. The summed E-state index contributed by atoms with van der Waals surface area (Å²) in [6.07, 6.45) is 0. The van der Waals surface area contributed by atoms with Gasteiger partial charge in [-0.3, -0.25) is 4.79 Å². The number of fused-ring (bicyclic) bond motifs is 1. The Morgan fingerprint density at radius 1 is 1.36 bits per heavy atom. The number of carbonyl (C=O) groups is 1. The number of rotatable bonds is 2. The highest BCUT2D eigenvalue weighted by atomic mass is 16.1. The van der Waals surface area contributed by atoms with Gasteiger partial charge < -0.3 is 10.3 Å². The molecule has 0 unspecified atom stereocenters. The van der Waals surface area contributed by atoms with Gasteiger partial charge >= 0.3 is 0 Å². The third-order valence-corrected chi connectivity index (χ3v) is 2.31. The maximum absolute atomic E-state index is 11.3. The van der Waals surface area contributed by atoms with Crippen molar-refractivity contribution in [2.24, 2.45) is 0 Å². The number of anilines is 1. The highest BCUT2D eigenvalue weighted by Crippen LogP contribution is 2.27. The number of hydrogen-bond donors (Lipinski definition) is 2. The molecule has 72 valence electrons. The first kappa shape index (κ1) is 8.81. The maximum atomic E-state index is 11.3. The predicted octanol–water partition coefficient (Wildman–Crippen LogP) is 2.41. The lowest BCUT2D eigenvalue weighted by atomic mass is 10.2. The molecule has 0 atom stereocenters. The van der Waals surface area contributed by atoms with Crippen LogP contribution in [0.1, 0.15) is 17.4 Å². The second-order valence-electron chi connectivity index (χ2n) is 3.23. The van der Waals surface area contributed by atoms with Crippen LogP contribution in [-0.4, -0.2) is 17.8 Å². The highest BCUT2D eigenvalue weighted by Gasteiger charge is 2.12. The van der Waals surface area contributed by atoms with E-state index in [4.69, 9.17) is 0 Å². The van der Waals surface area contributed by atoms with E-state index in [1.807, 2.05) is 31.3 Å². The number of carbonyl (C=O) groups excluding carboxylic acids is 1. The number of Topliss-reactive ketones (excluding diaryl/α,β-unsaturated/α-hetero) is 1. The minimum Gasteiger partial charge on any atom is -0.386 e. The first-order chi connectivity index (χ1) is 6.74. The van der Waals surface area contributed by atoms with Gasteiger partial charge in [0.15, 0.2) is 5.78 Å². The van der Waals surface area contributed by atoms with Crippen molar-refractivity contribution in [1.82, 2.24) is 4.98 Å². The monoisotopic (exact) mass is 188 g/mol. The summed E-state index contributed by atoms with van der Waals surface area (Å²) in [4.78, 5) is 14.4. The molecule has 1 aromatic heterocycles. The summed E-state index contributed by atoms with van der Waals surface area (Å²) in [7, 11) is 1.82. The van der Waals surface area contributed by atoms with E-state index in [9.17, 15) is 4.79 Å². The third-order valence-electron chi connectivity index (χ3n) is 2.31. The van der Waals surface area contributed by atoms with Crippen LogP contribution in [0.2, 0.25) is 0 Å². The molecule has 0 amide bonds. The molecule has 0 aliphatic rings. The fourth-order valence-electron chi connectivity index (χ4n) is 1.67. The zero-order chi connectivity index (χ0) is 10.1. The average molecular weight is 188 g/mol. The first-order valence-corrected chi connectivity index (χ1v) is 4.53. The summed E-state index contributed by atoms with van der Waals surface area (Å²) >= 11 is 0. The van der Waals surface area contributed by atoms with E-state index in [0.717, 1.165) is 16.6 Å². The number of aromatic amines is 1. The number of ketones is 1. The molecule has 0 aliphatic carbocycles. The van der Waals surface area contributed by atoms with Gasteiger partial charge in [0.25, 0.3) is 0 Å². The van der Waals surface area contributed by atoms with E-state index in [1.165, 1.54) is 0 Å². The normalized spacial score (nSPS) is 10.4. The van der Waals surface area contributed by atoms with Gasteiger partial charge in [-0.05, 0) is 6.07 Å². The lowest BCUT2D eigenvalue weighted by Crippen LogP contribution is -1.98. The molecule has 0 spiro atoms. The quantitative estimate of drug-likeness (QED) is 0.711. The van der Waals surface area contributed by atoms with Crippen LogP contribution in [0.25, 0.3) is 10.9 Å². The summed E-state index contributed by atoms with van der Waals surface area (Å²) in [5.74, 6) is 0.0468. The van der Waals surface area contributed by atoms with Gasteiger partial charge in [0.1, 0.15) is 5.69 Å². The third kappa shape index (κ3) is 1.18. The molecule has 3 heteroatoms. The molecule has 14 heavy (non-hydrogen) atoms. The van der Waals surface area contributed by atoms with Gasteiger partial charge in [0, 0.05) is 24.9 Å². The van der Waals surface area contributed by atoms with Gasteiger partial charge in [-0.1, -0.05) is 18.2 Å². The molecule has 0 radical (unpaired) electrons. The molecular weight excluding hydrogens is 176 g/mol. The minimum atomic E-state index is 0.0468. The zero-order valence-corrected chi connectivity index (χ0v) is 8.22. The molecule has 1 heterocycles. The second kappa shape index (κ2) is 3.18. The number of para-hydroxylation sites is 1. The molecule has 0 bridgehead atoms.